The summed E-state index contributed by atoms with van der Waals surface area (Å²) >= 11 is 0. The first-order chi connectivity index (χ1) is 9.25. The van der Waals surface area contributed by atoms with E-state index >= 15 is 0 Å². The summed E-state index contributed by atoms with van der Waals surface area (Å²) in [4.78, 5) is 4.64. The normalized spacial score (nSPS) is 11.3. The molecule has 19 heavy (non-hydrogen) atoms. The monoisotopic (exact) mass is 257 g/mol. The minimum absolute atomic E-state index is 0.710. The molecule has 0 aliphatic rings. The number of hydrogen-bond donors (Lipinski definition) is 2. The van der Waals surface area contributed by atoms with Crippen molar-refractivity contribution in [3.05, 3.63) is 42.1 Å². The van der Waals surface area contributed by atoms with Crippen molar-refractivity contribution >= 4 is 10.9 Å². The Morgan fingerprint density at radius 1 is 1.00 bits per heavy atom. The zero-order valence-electron chi connectivity index (χ0n) is 11.8. The van der Waals surface area contributed by atoms with E-state index in [0.29, 0.717) is 5.92 Å². The molecule has 0 saturated heterocycles. The Hall–Kier alpha value is -1.45. The van der Waals surface area contributed by atoms with Gasteiger partial charge in [-0.1, -0.05) is 38.1 Å². The summed E-state index contributed by atoms with van der Waals surface area (Å²) in [6, 6.07) is 12.5. The number of fused-ring (bicyclic) bond motifs is 1. The lowest BCUT2D eigenvalue weighted by Gasteiger charge is -2.08. The van der Waals surface area contributed by atoms with Gasteiger partial charge in [0, 0.05) is 25.0 Å². The first-order valence-electron chi connectivity index (χ1n) is 7.02. The molecule has 3 heteroatoms. The molecule has 2 aromatic rings. The molecule has 0 aliphatic carbocycles. The van der Waals surface area contributed by atoms with Gasteiger partial charge in [-0.15, -0.1) is 0 Å². The lowest BCUT2D eigenvalue weighted by Crippen LogP contribution is -2.29. The van der Waals surface area contributed by atoms with Gasteiger partial charge < -0.3 is 10.6 Å². The lowest BCUT2D eigenvalue weighted by atomic mass is 10.2. The van der Waals surface area contributed by atoms with Crippen LogP contribution in [0.1, 0.15) is 19.5 Å². The van der Waals surface area contributed by atoms with Crippen LogP contribution in [0.5, 0.6) is 0 Å². The molecule has 0 saturated carbocycles. The van der Waals surface area contributed by atoms with Crippen LogP contribution in [0.25, 0.3) is 10.9 Å². The van der Waals surface area contributed by atoms with Crippen LogP contribution in [0, 0.1) is 5.92 Å². The molecule has 1 aromatic heterocycles. The largest absolute Gasteiger partial charge is 0.315 e. The van der Waals surface area contributed by atoms with Gasteiger partial charge in [0.05, 0.1) is 11.2 Å². The number of nitrogens with one attached hydrogen (secondary N) is 2. The van der Waals surface area contributed by atoms with Crippen molar-refractivity contribution in [2.45, 2.75) is 20.4 Å². The van der Waals surface area contributed by atoms with Crippen molar-refractivity contribution in [2.75, 3.05) is 19.6 Å². The third-order valence-corrected chi connectivity index (χ3v) is 2.99. The highest BCUT2D eigenvalue weighted by Gasteiger charge is 1.97. The second-order valence-corrected chi connectivity index (χ2v) is 5.27. The summed E-state index contributed by atoms with van der Waals surface area (Å²) in [6.45, 7) is 8.33. The predicted molar refractivity (Wildman–Crippen MR) is 81.2 cm³/mol. The Morgan fingerprint density at radius 2 is 1.79 bits per heavy atom. The number of aromatic nitrogens is 1. The van der Waals surface area contributed by atoms with E-state index in [1.54, 1.807) is 0 Å². The maximum absolute atomic E-state index is 4.64. The smallest absolute Gasteiger partial charge is 0.0705 e. The van der Waals surface area contributed by atoms with Crippen molar-refractivity contribution < 1.29 is 0 Å². The van der Waals surface area contributed by atoms with Crippen LogP contribution in [0.3, 0.4) is 0 Å². The molecule has 0 spiro atoms. The van der Waals surface area contributed by atoms with Gasteiger partial charge in [0.15, 0.2) is 0 Å². The summed E-state index contributed by atoms with van der Waals surface area (Å²) in [5.41, 5.74) is 2.17. The van der Waals surface area contributed by atoms with Gasteiger partial charge in [-0.3, -0.25) is 4.98 Å². The molecule has 0 aliphatic heterocycles. The fourth-order valence-electron chi connectivity index (χ4n) is 1.99. The molecule has 102 valence electrons. The Balaban J connectivity index is 1.75. The summed E-state index contributed by atoms with van der Waals surface area (Å²) in [7, 11) is 0. The van der Waals surface area contributed by atoms with Gasteiger partial charge in [-0.05, 0) is 24.6 Å². The average molecular weight is 257 g/mol. The SMILES string of the molecule is CC(C)CNCCNCc1ccc2ccccc2n1. The van der Waals surface area contributed by atoms with Gasteiger partial charge in [0.25, 0.3) is 0 Å². The quantitative estimate of drug-likeness (QED) is 0.749. The predicted octanol–water partition coefficient (Wildman–Crippen LogP) is 2.57. The van der Waals surface area contributed by atoms with Crippen molar-refractivity contribution in [1.82, 2.24) is 15.6 Å². The van der Waals surface area contributed by atoms with Crippen molar-refractivity contribution in [3.63, 3.8) is 0 Å². The third kappa shape index (κ3) is 4.62. The van der Waals surface area contributed by atoms with Gasteiger partial charge in [-0.25, -0.2) is 0 Å². The van der Waals surface area contributed by atoms with Gasteiger partial charge in [0.1, 0.15) is 0 Å². The number of nitrogens with zero attached hydrogens (tertiary/aromatic N) is 1. The zero-order valence-corrected chi connectivity index (χ0v) is 11.8. The van der Waals surface area contributed by atoms with E-state index in [0.717, 1.165) is 37.4 Å². The molecule has 1 heterocycles. The Kier molecular flexibility index (Phi) is 5.31. The van der Waals surface area contributed by atoms with E-state index in [2.05, 4.69) is 53.7 Å². The van der Waals surface area contributed by atoms with Crippen LogP contribution in [-0.2, 0) is 6.54 Å². The summed E-state index contributed by atoms with van der Waals surface area (Å²) in [5.74, 6) is 0.710. The van der Waals surface area contributed by atoms with Crippen molar-refractivity contribution in [2.24, 2.45) is 5.92 Å². The number of benzene rings is 1. The molecular formula is C16H23N3. The van der Waals surface area contributed by atoms with Crippen molar-refractivity contribution in [1.29, 1.82) is 0 Å². The molecule has 0 amide bonds. The highest BCUT2D eigenvalue weighted by molar-refractivity contribution is 5.78. The van der Waals surface area contributed by atoms with Crippen LogP contribution in [-0.4, -0.2) is 24.6 Å². The summed E-state index contributed by atoms with van der Waals surface area (Å²) < 4.78 is 0. The van der Waals surface area contributed by atoms with Crippen LogP contribution in [0.2, 0.25) is 0 Å². The fraction of sp³-hybridized carbons (Fsp3) is 0.438. The second-order valence-electron chi connectivity index (χ2n) is 5.27. The fourth-order valence-corrected chi connectivity index (χ4v) is 1.99. The Morgan fingerprint density at radius 3 is 2.63 bits per heavy atom. The van der Waals surface area contributed by atoms with Crippen molar-refractivity contribution in [3.8, 4) is 0 Å². The van der Waals surface area contributed by atoms with Crippen LogP contribution < -0.4 is 10.6 Å². The summed E-state index contributed by atoms with van der Waals surface area (Å²) in [5, 5.41) is 8.03. The van der Waals surface area contributed by atoms with E-state index < -0.39 is 0 Å². The topological polar surface area (TPSA) is 37.0 Å². The van der Waals surface area contributed by atoms with Crippen LogP contribution in [0.15, 0.2) is 36.4 Å². The molecule has 3 nitrogen and oxygen atoms in total. The highest BCUT2D eigenvalue weighted by Crippen LogP contribution is 2.11. The lowest BCUT2D eigenvalue weighted by molar-refractivity contribution is 0.534. The highest BCUT2D eigenvalue weighted by atomic mass is 14.9. The van der Waals surface area contributed by atoms with Crippen LogP contribution >= 0.6 is 0 Å². The second kappa shape index (κ2) is 7.22. The zero-order chi connectivity index (χ0) is 13.5. The number of para-hydroxylation sites is 1. The summed E-state index contributed by atoms with van der Waals surface area (Å²) in [6.07, 6.45) is 0. The molecule has 1 aromatic carbocycles. The van der Waals surface area contributed by atoms with E-state index in [-0.39, 0.29) is 0 Å². The maximum atomic E-state index is 4.64. The molecule has 0 bridgehead atoms. The standard InChI is InChI=1S/C16H23N3/c1-13(2)11-17-9-10-18-12-15-8-7-14-5-3-4-6-16(14)19-15/h3-8,13,17-18H,9-12H2,1-2H3. The Bertz CT molecular complexity index is 508. The molecule has 0 fully saturated rings. The van der Waals surface area contributed by atoms with Gasteiger partial charge >= 0.3 is 0 Å². The number of pyridine rings is 1. The molecular weight excluding hydrogens is 234 g/mol. The van der Waals surface area contributed by atoms with E-state index in [9.17, 15) is 0 Å². The molecule has 2 rings (SSSR count). The van der Waals surface area contributed by atoms with E-state index in [4.69, 9.17) is 0 Å². The maximum Gasteiger partial charge on any atom is 0.0705 e. The van der Waals surface area contributed by atoms with E-state index in [1.165, 1.54) is 5.39 Å². The molecule has 0 unspecified atom stereocenters. The Labute approximate surface area is 115 Å². The van der Waals surface area contributed by atoms with E-state index in [1.807, 2.05) is 12.1 Å². The minimum atomic E-state index is 0.710. The van der Waals surface area contributed by atoms with Gasteiger partial charge in [0.2, 0.25) is 0 Å². The first kappa shape index (κ1) is 14.0. The third-order valence-electron chi connectivity index (χ3n) is 2.99. The molecule has 2 N–H and O–H groups in total. The number of rotatable bonds is 7. The average Bonchev–Trinajstić information content (AvgIpc) is 2.42. The molecule has 0 radical (unpaired) electrons. The number of hydrogen-bond acceptors (Lipinski definition) is 3. The molecule has 0 atom stereocenters. The van der Waals surface area contributed by atoms with Gasteiger partial charge in [-0.2, -0.15) is 0 Å². The van der Waals surface area contributed by atoms with Crippen LogP contribution in [0.4, 0.5) is 0 Å². The minimum Gasteiger partial charge on any atom is -0.315 e. The first-order valence-corrected chi connectivity index (χ1v) is 7.02.